The first-order valence-corrected chi connectivity index (χ1v) is 12.0. The van der Waals surface area contributed by atoms with Gasteiger partial charge in [0, 0.05) is 32.5 Å². The van der Waals surface area contributed by atoms with E-state index in [0.29, 0.717) is 62.6 Å². The molecule has 3 rings (SSSR count). The van der Waals surface area contributed by atoms with Crippen LogP contribution in [-0.2, 0) is 15.7 Å². The summed E-state index contributed by atoms with van der Waals surface area (Å²) >= 11 is 0. The zero-order chi connectivity index (χ0) is 25.4. The lowest BCUT2D eigenvalue weighted by molar-refractivity contribution is -0.137. The Morgan fingerprint density at radius 2 is 2.11 bits per heavy atom. The molecule has 2 heterocycles. The van der Waals surface area contributed by atoms with Gasteiger partial charge in [0.1, 0.15) is 5.82 Å². The number of nitrogens with one attached hydrogen (secondary N) is 1. The fourth-order valence-electron chi connectivity index (χ4n) is 4.28. The Labute approximate surface area is 204 Å². The molecular weight excluding hydrogens is 459 g/mol. The van der Waals surface area contributed by atoms with Gasteiger partial charge in [-0.3, -0.25) is 4.79 Å². The van der Waals surface area contributed by atoms with Crippen molar-refractivity contribution >= 4 is 11.6 Å². The van der Waals surface area contributed by atoms with Crippen molar-refractivity contribution in [2.24, 2.45) is 5.10 Å². The molecule has 190 valence electrons. The van der Waals surface area contributed by atoms with Gasteiger partial charge < -0.3 is 15.0 Å². The fraction of sp³-hybridized carbons (Fsp3) is 0.560. The minimum atomic E-state index is -4.43. The zero-order valence-electron chi connectivity index (χ0n) is 20.1. The second kappa shape index (κ2) is 12.1. The van der Waals surface area contributed by atoms with Gasteiger partial charge in [-0.2, -0.15) is 23.5 Å². The molecule has 1 aromatic rings. The Morgan fingerprint density at radius 1 is 1.37 bits per heavy atom. The number of hydrogen-bond acceptors (Lipinski definition) is 6. The normalized spacial score (nSPS) is 19.7. The number of ether oxygens (including phenoxy) is 1. The minimum absolute atomic E-state index is 0.0185. The first-order chi connectivity index (χ1) is 16.7. The summed E-state index contributed by atoms with van der Waals surface area (Å²) < 4.78 is 44.8. The molecule has 2 aliphatic heterocycles. The summed E-state index contributed by atoms with van der Waals surface area (Å²) in [5.41, 5.74) is 0.379. The minimum Gasteiger partial charge on any atom is -0.379 e. The van der Waals surface area contributed by atoms with Crippen LogP contribution in [0.5, 0.6) is 0 Å². The van der Waals surface area contributed by atoms with Crippen LogP contribution >= 0.6 is 0 Å². The maximum atomic E-state index is 13.1. The highest BCUT2D eigenvalue weighted by Crippen LogP contribution is 2.31. The maximum absolute atomic E-state index is 13.1. The van der Waals surface area contributed by atoms with E-state index in [1.165, 1.54) is 12.1 Å². The molecule has 7 nitrogen and oxygen atoms in total. The highest BCUT2D eigenvalue weighted by Gasteiger charge is 2.38. The summed E-state index contributed by atoms with van der Waals surface area (Å²) in [6.45, 7) is 6.16. The molecule has 0 bridgehead atoms. The molecule has 0 aliphatic carbocycles. The van der Waals surface area contributed by atoms with E-state index in [0.717, 1.165) is 25.0 Å². The second-order valence-electron chi connectivity index (χ2n) is 8.62. The van der Waals surface area contributed by atoms with Crippen molar-refractivity contribution in [3.05, 3.63) is 47.3 Å². The Bertz CT molecular complexity index is 969. The monoisotopic (exact) mass is 491 g/mol. The molecule has 2 atom stereocenters. The fourth-order valence-corrected chi connectivity index (χ4v) is 4.28. The number of nitriles is 1. The number of nitrogens with zero attached hydrogens (tertiary/aromatic N) is 4. The number of hydrogen-bond donors (Lipinski definition) is 1. The number of alkyl halides is 3. The van der Waals surface area contributed by atoms with Crippen molar-refractivity contribution in [1.82, 2.24) is 15.2 Å². The summed E-state index contributed by atoms with van der Waals surface area (Å²) in [5.74, 6) is 0.729. The number of carbonyl (C=O) groups excluding carboxylic acids is 1. The molecule has 0 spiro atoms. The number of allylic oxidation sites excluding steroid dienone is 1. The number of hydrazone groups is 1. The van der Waals surface area contributed by atoms with Gasteiger partial charge in [-0.1, -0.05) is 12.1 Å². The number of likely N-dealkylation sites (tertiary alicyclic amines) is 1. The predicted octanol–water partition coefficient (Wildman–Crippen LogP) is 4.27. The van der Waals surface area contributed by atoms with Gasteiger partial charge in [0.15, 0.2) is 0 Å². The first-order valence-electron chi connectivity index (χ1n) is 12.0. The zero-order valence-corrected chi connectivity index (χ0v) is 20.1. The molecule has 0 aromatic heterocycles. The Hall–Kier alpha value is -3.06. The van der Waals surface area contributed by atoms with Crippen LogP contribution in [0, 0.1) is 11.3 Å². The lowest BCUT2D eigenvalue weighted by Gasteiger charge is -2.27. The largest absolute Gasteiger partial charge is 0.416 e. The van der Waals surface area contributed by atoms with E-state index in [1.807, 2.05) is 19.9 Å². The number of carbonyl (C=O) groups is 1. The van der Waals surface area contributed by atoms with E-state index >= 15 is 0 Å². The number of benzene rings is 1. The predicted molar refractivity (Wildman–Crippen MR) is 126 cm³/mol. The molecule has 1 aromatic carbocycles. The SMILES string of the molecule is CCOC(C)CCN/C(=C\CCC#N)N1CC(N2CCCC2=O)C(c2ccc(C(F)(F)F)cc2)=N1. The lowest BCUT2D eigenvalue weighted by atomic mass is 10.0. The molecule has 1 N–H and O–H groups in total. The molecule has 10 heteroatoms. The van der Waals surface area contributed by atoms with Crippen molar-refractivity contribution in [2.45, 2.75) is 64.3 Å². The molecule has 2 unspecified atom stereocenters. The third-order valence-corrected chi connectivity index (χ3v) is 6.06. The summed E-state index contributed by atoms with van der Waals surface area (Å²) in [7, 11) is 0. The second-order valence-corrected chi connectivity index (χ2v) is 8.62. The van der Waals surface area contributed by atoms with Gasteiger partial charge in [0.2, 0.25) is 5.91 Å². The number of unbranched alkanes of at least 4 members (excludes halogenated alkanes) is 1. The highest BCUT2D eigenvalue weighted by atomic mass is 19.4. The van der Waals surface area contributed by atoms with Gasteiger partial charge in [-0.25, -0.2) is 5.01 Å². The Morgan fingerprint density at radius 3 is 2.71 bits per heavy atom. The standard InChI is InChI=1S/C25H32F3N5O2/c1-3-35-18(2)13-15-30-22(7-4-5-14-29)33-17-21(32-16-6-8-23(32)34)24(31-33)19-9-11-20(12-10-19)25(26,27)28/h7,9-12,18,21,30H,3-6,8,13,15-17H2,1-2H3/b22-7+. The average Bonchev–Trinajstić information content (AvgIpc) is 3.44. The van der Waals surface area contributed by atoms with Crippen molar-refractivity contribution in [3.63, 3.8) is 0 Å². The van der Waals surface area contributed by atoms with Crippen molar-refractivity contribution < 1.29 is 22.7 Å². The molecule has 0 saturated carbocycles. The number of halogens is 3. The van der Waals surface area contributed by atoms with E-state index in [9.17, 15) is 18.0 Å². The molecule has 1 fully saturated rings. The van der Waals surface area contributed by atoms with E-state index in [2.05, 4.69) is 11.4 Å². The summed E-state index contributed by atoms with van der Waals surface area (Å²) in [6.07, 6.45) is 0.381. The molecule has 2 aliphatic rings. The number of amides is 1. The average molecular weight is 492 g/mol. The van der Waals surface area contributed by atoms with Crippen LogP contribution in [0.15, 0.2) is 41.3 Å². The van der Waals surface area contributed by atoms with Crippen molar-refractivity contribution in [1.29, 1.82) is 5.26 Å². The maximum Gasteiger partial charge on any atom is 0.416 e. The van der Waals surface area contributed by atoms with Gasteiger partial charge in [-0.05, 0) is 56.9 Å². The van der Waals surface area contributed by atoms with Crippen LogP contribution in [0.25, 0.3) is 0 Å². The summed E-state index contributed by atoms with van der Waals surface area (Å²) in [5, 5.41) is 18.8. The lowest BCUT2D eigenvalue weighted by Crippen LogP contribution is -2.44. The van der Waals surface area contributed by atoms with E-state index in [-0.39, 0.29) is 18.1 Å². The molecule has 0 radical (unpaired) electrons. The summed E-state index contributed by atoms with van der Waals surface area (Å²) in [6, 6.07) is 6.66. The molecular formula is C25H32F3N5O2. The topological polar surface area (TPSA) is 81.0 Å². The van der Waals surface area contributed by atoms with E-state index in [4.69, 9.17) is 15.1 Å². The quantitative estimate of drug-likeness (QED) is 0.468. The Balaban J connectivity index is 1.87. The van der Waals surface area contributed by atoms with Crippen molar-refractivity contribution in [3.8, 4) is 6.07 Å². The molecule has 1 saturated heterocycles. The Kier molecular flexibility index (Phi) is 9.15. The van der Waals surface area contributed by atoms with Crippen LogP contribution < -0.4 is 5.32 Å². The van der Waals surface area contributed by atoms with Crippen LogP contribution in [0.3, 0.4) is 0 Å². The number of rotatable bonds is 11. The first kappa shape index (κ1) is 26.5. The third-order valence-electron chi connectivity index (χ3n) is 6.06. The van der Waals surface area contributed by atoms with Gasteiger partial charge in [-0.15, -0.1) is 0 Å². The smallest absolute Gasteiger partial charge is 0.379 e. The molecule has 1 amide bonds. The van der Waals surface area contributed by atoms with Crippen LogP contribution in [0.2, 0.25) is 0 Å². The van der Waals surface area contributed by atoms with Gasteiger partial charge in [0.25, 0.3) is 0 Å². The van der Waals surface area contributed by atoms with Crippen LogP contribution in [0.4, 0.5) is 13.2 Å². The van der Waals surface area contributed by atoms with E-state index in [1.54, 1.807) is 9.91 Å². The summed E-state index contributed by atoms with van der Waals surface area (Å²) in [4.78, 5) is 14.3. The van der Waals surface area contributed by atoms with Crippen molar-refractivity contribution in [2.75, 3.05) is 26.2 Å². The van der Waals surface area contributed by atoms with Gasteiger partial charge >= 0.3 is 6.18 Å². The van der Waals surface area contributed by atoms with Crippen LogP contribution in [-0.4, -0.2) is 59.9 Å². The third kappa shape index (κ3) is 6.98. The van der Waals surface area contributed by atoms with Gasteiger partial charge in [0.05, 0.1) is 36.0 Å². The molecule has 35 heavy (non-hydrogen) atoms. The van der Waals surface area contributed by atoms with E-state index < -0.39 is 11.7 Å². The van der Waals surface area contributed by atoms with Crippen LogP contribution in [0.1, 0.15) is 57.1 Å². The highest BCUT2D eigenvalue weighted by molar-refractivity contribution is 6.07.